The Balaban J connectivity index is 2.03. The lowest BCUT2D eigenvalue weighted by molar-refractivity contribution is -0.120. The van der Waals surface area contributed by atoms with Crippen LogP contribution in [0.2, 0.25) is 0 Å². The highest BCUT2D eigenvalue weighted by Crippen LogP contribution is 2.05. The summed E-state index contributed by atoms with van der Waals surface area (Å²) in [6, 6.07) is 3.97. The number of carbonyl (C=O) groups excluding carboxylic acids is 1. The average molecular weight is 288 g/mol. The van der Waals surface area contributed by atoms with Crippen molar-refractivity contribution in [3.8, 4) is 0 Å². The first-order chi connectivity index (χ1) is 9.88. The number of aryl methyl sites for hydroxylation is 3. The van der Waals surface area contributed by atoms with Gasteiger partial charge in [0.2, 0.25) is 5.91 Å². The Bertz CT molecular complexity index is 728. The monoisotopic (exact) mass is 288 g/mol. The van der Waals surface area contributed by atoms with E-state index in [0.29, 0.717) is 23.6 Å². The number of amides is 1. The smallest absolute Gasteiger partial charge is 0.254 e. The van der Waals surface area contributed by atoms with Crippen LogP contribution in [0.25, 0.3) is 0 Å². The maximum Gasteiger partial charge on any atom is 0.254 e. The summed E-state index contributed by atoms with van der Waals surface area (Å²) in [5, 5.41) is 2.83. The number of aromatic amines is 1. The van der Waals surface area contributed by atoms with Crippen LogP contribution in [0.5, 0.6) is 0 Å². The fourth-order valence-electron chi connectivity index (χ4n) is 2.22. The lowest BCUT2D eigenvalue weighted by Crippen LogP contribution is -2.29. The molecule has 2 aromatic heterocycles. The summed E-state index contributed by atoms with van der Waals surface area (Å²) in [6.07, 6.45) is 0.0395. The zero-order valence-corrected chi connectivity index (χ0v) is 12.8. The van der Waals surface area contributed by atoms with Crippen molar-refractivity contribution in [3.05, 3.63) is 51.0 Å². The van der Waals surface area contributed by atoms with Crippen LogP contribution in [0.4, 0.5) is 0 Å². The first-order valence-corrected chi connectivity index (χ1v) is 6.82. The van der Waals surface area contributed by atoms with Crippen molar-refractivity contribution in [1.29, 1.82) is 0 Å². The minimum atomic E-state index is -0.245. The highest BCUT2D eigenvalue weighted by molar-refractivity contribution is 5.78. The highest BCUT2D eigenvalue weighted by Gasteiger charge is 2.12. The number of carbonyl (C=O) groups is 1. The molecule has 0 saturated carbocycles. The molecule has 0 saturated heterocycles. The number of nitrogens with one attached hydrogen (secondary N) is 2. The second kappa shape index (κ2) is 5.95. The summed E-state index contributed by atoms with van der Waals surface area (Å²) in [6.45, 7) is 5.91. The van der Waals surface area contributed by atoms with Crippen molar-refractivity contribution in [3.63, 3.8) is 0 Å². The van der Waals surface area contributed by atoms with Gasteiger partial charge in [-0.2, -0.15) is 0 Å². The fraction of sp³-hybridized carbons (Fsp3) is 0.400. The Morgan fingerprint density at radius 3 is 2.62 bits per heavy atom. The molecule has 2 heterocycles. The van der Waals surface area contributed by atoms with Crippen LogP contribution >= 0.6 is 0 Å². The van der Waals surface area contributed by atoms with Crippen LogP contribution in [0.15, 0.2) is 16.9 Å². The molecular weight excluding hydrogens is 268 g/mol. The zero-order chi connectivity index (χ0) is 15.6. The molecule has 0 aliphatic rings. The van der Waals surface area contributed by atoms with Crippen molar-refractivity contribution in [2.45, 2.75) is 33.7 Å². The minimum Gasteiger partial charge on any atom is -0.350 e. The summed E-state index contributed by atoms with van der Waals surface area (Å²) < 4.78 is 2.02. The quantitative estimate of drug-likeness (QED) is 0.877. The SMILES string of the molecule is Cc1nc(C)c(CC(=O)NCc2ccc(C)n2C)c(=O)[nH]1. The number of aromatic nitrogens is 3. The van der Waals surface area contributed by atoms with E-state index in [-0.39, 0.29) is 17.9 Å². The lowest BCUT2D eigenvalue weighted by Gasteiger charge is -2.08. The first kappa shape index (κ1) is 15.0. The van der Waals surface area contributed by atoms with Gasteiger partial charge in [0.1, 0.15) is 5.82 Å². The van der Waals surface area contributed by atoms with E-state index in [1.165, 1.54) is 0 Å². The van der Waals surface area contributed by atoms with E-state index < -0.39 is 0 Å². The third kappa shape index (κ3) is 3.39. The molecule has 0 aliphatic heterocycles. The molecule has 21 heavy (non-hydrogen) atoms. The molecule has 112 valence electrons. The molecule has 0 spiro atoms. The molecule has 0 aliphatic carbocycles. The Kier molecular flexibility index (Phi) is 4.26. The van der Waals surface area contributed by atoms with Crippen molar-refractivity contribution >= 4 is 5.91 Å². The van der Waals surface area contributed by atoms with Gasteiger partial charge in [-0.05, 0) is 32.9 Å². The van der Waals surface area contributed by atoms with Crippen molar-refractivity contribution in [2.75, 3.05) is 0 Å². The molecule has 1 amide bonds. The van der Waals surface area contributed by atoms with E-state index >= 15 is 0 Å². The molecule has 6 nitrogen and oxygen atoms in total. The normalized spacial score (nSPS) is 10.7. The van der Waals surface area contributed by atoms with Gasteiger partial charge in [0, 0.05) is 29.7 Å². The van der Waals surface area contributed by atoms with Crippen LogP contribution in [-0.4, -0.2) is 20.4 Å². The Morgan fingerprint density at radius 2 is 2.05 bits per heavy atom. The fourth-order valence-corrected chi connectivity index (χ4v) is 2.22. The van der Waals surface area contributed by atoms with E-state index in [4.69, 9.17) is 0 Å². The van der Waals surface area contributed by atoms with Crippen LogP contribution in [0.3, 0.4) is 0 Å². The molecule has 0 atom stereocenters. The molecule has 2 rings (SSSR count). The number of nitrogens with zero attached hydrogens (tertiary/aromatic N) is 2. The average Bonchev–Trinajstić information content (AvgIpc) is 2.72. The van der Waals surface area contributed by atoms with Gasteiger partial charge in [-0.15, -0.1) is 0 Å². The van der Waals surface area contributed by atoms with E-state index in [1.54, 1.807) is 13.8 Å². The molecule has 0 unspecified atom stereocenters. The van der Waals surface area contributed by atoms with Crippen molar-refractivity contribution in [1.82, 2.24) is 19.9 Å². The van der Waals surface area contributed by atoms with Crippen LogP contribution < -0.4 is 10.9 Å². The van der Waals surface area contributed by atoms with Gasteiger partial charge in [0.15, 0.2) is 0 Å². The molecule has 2 N–H and O–H groups in total. The number of rotatable bonds is 4. The third-order valence-corrected chi connectivity index (χ3v) is 3.62. The second-order valence-corrected chi connectivity index (χ2v) is 5.19. The van der Waals surface area contributed by atoms with E-state index in [0.717, 1.165) is 11.4 Å². The Labute approximate surface area is 123 Å². The molecular formula is C15H20N4O2. The molecule has 0 fully saturated rings. The van der Waals surface area contributed by atoms with Gasteiger partial charge in [0.25, 0.3) is 5.56 Å². The Hall–Kier alpha value is -2.37. The summed E-state index contributed by atoms with van der Waals surface area (Å²) in [5.74, 6) is 0.369. The van der Waals surface area contributed by atoms with Gasteiger partial charge in [0.05, 0.1) is 13.0 Å². The lowest BCUT2D eigenvalue weighted by atomic mass is 10.1. The van der Waals surface area contributed by atoms with Gasteiger partial charge < -0.3 is 14.9 Å². The van der Waals surface area contributed by atoms with Crippen molar-refractivity contribution in [2.24, 2.45) is 7.05 Å². The number of H-pyrrole nitrogens is 1. The molecule has 2 aromatic rings. The van der Waals surface area contributed by atoms with E-state index in [1.807, 2.05) is 30.7 Å². The summed E-state index contributed by atoms with van der Waals surface area (Å²) in [4.78, 5) is 30.6. The third-order valence-electron chi connectivity index (χ3n) is 3.62. The predicted octanol–water partition coefficient (Wildman–Crippen LogP) is 0.893. The maximum absolute atomic E-state index is 12.0. The van der Waals surface area contributed by atoms with Crippen LogP contribution in [-0.2, 0) is 24.8 Å². The van der Waals surface area contributed by atoms with E-state index in [9.17, 15) is 9.59 Å². The Morgan fingerprint density at radius 1 is 1.33 bits per heavy atom. The second-order valence-electron chi connectivity index (χ2n) is 5.19. The molecule has 0 radical (unpaired) electrons. The van der Waals surface area contributed by atoms with Crippen LogP contribution in [0, 0.1) is 20.8 Å². The molecule has 0 aromatic carbocycles. The highest BCUT2D eigenvalue weighted by atomic mass is 16.2. The maximum atomic E-state index is 12.0. The summed E-state index contributed by atoms with van der Waals surface area (Å²) >= 11 is 0. The predicted molar refractivity (Wildman–Crippen MR) is 80.0 cm³/mol. The zero-order valence-electron chi connectivity index (χ0n) is 12.8. The minimum absolute atomic E-state index is 0.0395. The standard InChI is InChI=1S/C15H20N4O2/c1-9-5-6-12(19(9)4)8-16-14(20)7-13-10(2)17-11(3)18-15(13)21/h5-6H,7-8H2,1-4H3,(H,16,20)(H,17,18,21). The van der Waals surface area contributed by atoms with Gasteiger partial charge in [-0.1, -0.05) is 0 Å². The van der Waals surface area contributed by atoms with Crippen molar-refractivity contribution < 1.29 is 4.79 Å². The molecule has 0 bridgehead atoms. The topological polar surface area (TPSA) is 79.8 Å². The van der Waals surface area contributed by atoms with E-state index in [2.05, 4.69) is 15.3 Å². The molecule has 6 heteroatoms. The largest absolute Gasteiger partial charge is 0.350 e. The van der Waals surface area contributed by atoms with Gasteiger partial charge in [-0.25, -0.2) is 4.98 Å². The number of hydrogen-bond acceptors (Lipinski definition) is 3. The number of hydrogen-bond donors (Lipinski definition) is 2. The van der Waals surface area contributed by atoms with Gasteiger partial charge >= 0.3 is 0 Å². The summed E-state index contributed by atoms with van der Waals surface area (Å²) in [7, 11) is 1.95. The van der Waals surface area contributed by atoms with Crippen LogP contribution in [0.1, 0.15) is 28.5 Å². The first-order valence-electron chi connectivity index (χ1n) is 6.82. The van der Waals surface area contributed by atoms with Gasteiger partial charge in [-0.3, -0.25) is 9.59 Å². The summed E-state index contributed by atoms with van der Waals surface area (Å²) in [5.41, 5.74) is 2.93.